The first-order valence-corrected chi connectivity index (χ1v) is 11.6. The second-order valence-electron chi connectivity index (χ2n) is 7.09. The van der Waals surface area contributed by atoms with Crippen LogP contribution in [0.25, 0.3) is 5.76 Å². The molecule has 1 aromatic heterocycles. The summed E-state index contributed by atoms with van der Waals surface area (Å²) in [6.07, 6.45) is 0. The van der Waals surface area contributed by atoms with E-state index in [1.165, 1.54) is 35.5 Å². The maximum Gasteiger partial charge on any atom is 0.300 e. The quantitative estimate of drug-likeness (QED) is 0.250. The van der Waals surface area contributed by atoms with Crippen molar-refractivity contribution in [1.82, 2.24) is 0 Å². The van der Waals surface area contributed by atoms with Crippen molar-refractivity contribution < 1.29 is 24.2 Å². The highest BCUT2D eigenvalue weighted by Gasteiger charge is 2.47. The van der Waals surface area contributed by atoms with Gasteiger partial charge in [-0.25, -0.2) is 0 Å². The number of methoxy groups -OCH3 is 1. The topological polar surface area (TPSA) is 76.1 Å². The van der Waals surface area contributed by atoms with E-state index >= 15 is 0 Å². The number of carbonyl (C=O) groups is 2. The van der Waals surface area contributed by atoms with Gasteiger partial charge in [-0.05, 0) is 42.6 Å². The summed E-state index contributed by atoms with van der Waals surface area (Å²) < 4.78 is 10.7. The molecule has 170 valence electrons. The minimum absolute atomic E-state index is 0.0541. The van der Waals surface area contributed by atoms with E-state index in [0.29, 0.717) is 22.9 Å². The van der Waals surface area contributed by atoms with Gasteiger partial charge < -0.3 is 14.6 Å². The molecule has 0 spiro atoms. The molecule has 1 atom stereocenters. The van der Waals surface area contributed by atoms with Gasteiger partial charge in [0, 0.05) is 22.2 Å². The van der Waals surface area contributed by atoms with E-state index < -0.39 is 17.7 Å². The average Bonchev–Trinajstić information content (AvgIpc) is 3.40. The van der Waals surface area contributed by atoms with Gasteiger partial charge in [-0.15, -0.1) is 11.3 Å². The van der Waals surface area contributed by atoms with Gasteiger partial charge >= 0.3 is 0 Å². The second-order valence-corrected chi connectivity index (χ2v) is 8.88. The van der Waals surface area contributed by atoms with Gasteiger partial charge in [-0.2, -0.15) is 0 Å². The first-order chi connectivity index (χ1) is 15.9. The number of Topliss-reactive ketones (excluding diaryl/α,β-unsaturated/α-hetero) is 1. The minimum Gasteiger partial charge on any atom is -0.507 e. The number of hydrogen-bond donors (Lipinski definition) is 1. The van der Waals surface area contributed by atoms with Gasteiger partial charge in [0.15, 0.2) is 5.75 Å². The van der Waals surface area contributed by atoms with Crippen LogP contribution in [0.15, 0.2) is 59.5 Å². The SMILES string of the molecule is CCOc1cccc(N2C(=O)C(=O)/C(=C(\O)c3cc(Cl)c(OC)c(Cl)c3)C2c2cccs2)c1. The van der Waals surface area contributed by atoms with Crippen molar-refractivity contribution in [1.29, 1.82) is 0 Å². The predicted octanol–water partition coefficient (Wildman–Crippen LogP) is 6.09. The highest BCUT2D eigenvalue weighted by Crippen LogP contribution is 2.45. The molecule has 1 unspecified atom stereocenters. The van der Waals surface area contributed by atoms with E-state index in [4.69, 9.17) is 32.7 Å². The van der Waals surface area contributed by atoms with Gasteiger partial charge in [-0.3, -0.25) is 14.5 Å². The van der Waals surface area contributed by atoms with Crippen molar-refractivity contribution >= 4 is 57.7 Å². The summed E-state index contributed by atoms with van der Waals surface area (Å²) in [5.74, 6) is -1.12. The van der Waals surface area contributed by atoms with E-state index in [0.717, 1.165) is 0 Å². The molecule has 0 radical (unpaired) electrons. The lowest BCUT2D eigenvalue weighted by molar-refractivity contribution is -0.132. The van der Waals surface area contributed by atoms with Crippen molar-refractivity contribution in [2.75, 3.05) is 18.6 Å². The Morgan fingerprint density at radius 2 is 1.85 bits per heavy atom. The van der Waals surface area contributed by atoms with Gasteiger partial charge in [-0.1, -0.05) is 35.3 Å². The van der Waals surface area contributed by atoms with Crippen LogP contribution in [0.3, 0.4) is 0 Å². The molecule has 2 aromatic carbocycles. The zero-order chi connectivity index (χ0) is 23.7. The van der Waals surface area contributed by atoms with E-state index in [2.05, 4.69) is 0 Å². The fourth-order valence-electron chi connectivity index (χ4n) is 3.75. The third kappa shape index (κ3) is 4.19. The van der Waals surface area contributed by atoms with Crippen molar-refractivity contribution in [2.24, 2.45) is 0 Å². The van der Waals surface area contributed by atoms with Crippen LogP contribution in [-0.2, 0) is 9.59 Å². The van der Waals surface area contributed by atoms with Crippen LogP contribution in [-0.4, -0.2) is 30.5 Å². The number of thiophene rings is 1. The second kappa shape index (κ2) is 9.47. The molecule has 1 aliphatic heterocycles. The molecule has 9 heteroatoms. The number of aliphatic hydroxyl groups excluding tert-OH is 1. The highest BCUT2D eigenvalue weighted by atomic mass is 35.5. The molecule has 3 aromatic rings. The number of aliphatic hydroxyl groups is 1. The van der Waals surface area contributed by atoms with Crippen LogP contribution in [0.4, 0.5) is 5.69 Å². The molecule has 1 N–H and O–H groups in total. The molecule has 2 heterocycles. The van der Waals surface area contributed by atoms with Crippen LogP contribution >= 0.6 is 34.5 Å². The van der Waals surface area contributed by atoms with E-state index in [1.807, 2.05) is 24.4 Å². The van der Waals surface area contributed by atoms with Gasteiger partial charge in [0.05, 0.1) is 29.3 Å². The number of ketones is 1. The van der Waals surface area contributed by atoms with Crippen LogP contribution in [0, 0.1) is 0 Å². The van der Waals surface area contributed by atoms with Crippen LogP contribution in [0.2, 0.25) is 10.0 Å². The fourth-order valence-corrected chi connectivity index (χ4v) is 5.22. The summed E-state index contributed by atoms with van der Waals surface area (Å²) in [6.45, 7) is 2.31. The van der Waals surface area contributed by atoms with Crippen molar-refractivity contribution in [3.05, 3.63) is 80.0 Å². The van der Waals surface area contributed by atoms with Crippen molar-refractivity contribution in [3.63, 3.8) is 0 Å². The standard InChI is InChI=1S/C24H19Cl2NO5S/c1-3-32-15-7-4-6-14(12-15)27-20(18-8-5-9-33-18)19(22(29)24(27)30)21(28)13-10-16(25)23(31-2)17(26)11-13/h4-12,20,28H,3H2,1-2H3/b21-19-. The molecule has 0 bridgehead atoms. The number of nitrogens with zero attached hydrogens (tertiary/aromatic N) is 1. The number of carbonyl (C=O) groups excluding carboxylic acids is 2. The first kappa shape index (κ1) is 23.2. The van der Waals surface area contributed by atoms with Crippen LogP contribution in [0.5, 0.6) is 11.5 Å². The molecular formula is C24H19Cl2NO5S. The number of halogens is 2. The number of hydrogen-bond acceptors (Lipinski definition) is 6. The lowest BCUT2D eigenvalue weighted by atomic mass is 9.99. The maximum absolute atomic E-state index is 13.2. The van der Waals surface area contributed by atoms with Crippen molar-refractivity contribution in [2.45, 2.75) is 13.0 Å². The summed E-state index contributed by atoms with van der Waals surface area (Å²) >= 11 is 13.9. The summed E-state index contributed by atoms with van der Waals surface area (Å²) in [4.78, 5) is 28.5. The normalized spacial score (nSPS) is 17.5. The molecule has 1 saturated heterocycles. The van der Waals surface area contributed by atoms with Gasteiger partial charge in [0.1, 0.15) is 17.6 Å². The zero-order valence-corrected chi connectivity index (χ0v) is 20.0. The minimum atomic E-state index is -0.832. The van der Waals surface area contributed by atoms with Gasteiger partial charge in [0.25, 0.3) is 11.7 Å². The Balaban J connectivity index is 1.91. The molecule has 33 heavy (non-hydrogen) atoms. The zero-order valence-electron chi connectivity index (χ0n) is 17.7. The molecule has 0 aliphatic carbocycles. The number of benzene rings is 2. The van der Waals surface area contributed by atoms with E-state index in [-0.39, 0.29) is 32.7 Å². The first-order valence-electron chi connectivity index (χ1n) is 9.98. The third-order valence-corrected chi connectivity index (χ3v) is 6.63. The summed E-state index contributed by atoms with van der Waals surface area (Å²) in [7, 11) is 1.42. The molecule has 1 aliphatic rings. The Kier molecular flexibility index (Phi) is 6.65. The Bertz CT molecular complexity index is 1230. The monoisotopic (exact) mass is 503 g/mol. The average molecular weight is 504 g/mol. The van der Waals surface area contributed by atoms with E-state index in [9.17, 15) is 14.7 Å². The van der Waals surface area contributed by atoms with E-state index in [1.54, 1.807) is 24.3 Å². The maximum atomic E-state index is 13.2. The summed E-state index contributed by atoms with van der Waals surface area (Å²) in [5, 5.41) is 13.4. The Labute approximate surface area is 204 Å². The Hall–Kier alpha value is -3.00. The fraction of sp³-hybridized carbons (Fsp3) is 0.167. The molecule has 6 nitrogen and oxygen atoms in total. The lowest BCUT2D eigenvalue weighted by Gasteiger charge is -2.24. The number of amides is 1. The number of anilines is 1. The van der Waals surface area contributed by atoms with Gasteiger partial charge in [0.2, 0.25) is 0 Å². The van der Waals surface area contributed by atoms with Crippen molar-refractivity contribution in [3.8, 4) is 11.5 Å². The predicted molar refractivity (Wildman–Crippen MR) is 130 cm³/mol. The summed E-state index contributed by atoms with van der Waals surface area (Å²) in [6, 6.07) is 12.6. The Morgan fingerprint density at radius 3 is 2.45 bits per heavy atom. The molecular weight excluding hydrogens is 485 g/mol. The Morgan fingerprint density at radius 1 is 1.12 bits per heavy atom. The smallest absolute Gasteiger partial charge is 0.300 e. The van der Waals surface area contributed by atoms with Crippen LogP contribution < -0.4 is 14.4 Å². The third-order valence-electron chi connectivity index (χ3n) is 5.14. The molecule has 0 saturated carbocycles. The number of ether oxygens (including phenoxy) is 2. The summed E-state index contributed by atoms with van der Waals surface area (Å²) in [5.41, 5.74) is 0.626. The lowest BCUT2D eigenvalue weighted by Crippen LogP contribution is -2.29. The molecule has 1 fully saturated rings. The molecule has 1 amide bonds. The van der Waals surface area contributed by atoms with Crippen LogP contribution in [0.1, 0.15) is 23.4 Å². The molecule has 4 rings (SSSR count). The number of rotatable bonds is 6. The largest absolute Gasteiger partial charge is 0.507 e. The highest BCUT2D eigenvalue weighted by molar-refractivity contribution is 7.10.